The number of hydrogen-bond acceptors (Lipinski definition) is 2. The third kappa shape index (κ3) is 2.97. The molecule has 0 radical (unpaired) electrons. The van der Waals surface area contributed by atoms with Crippen molar-refractivity contribution in [3.8, 4) is 0 Å². The molecule has 1 aliphatic heterocycles. The Kier molecular flexibility index (Phi) is 4.78. The number of likely N-dealkylation sites (tertiary alicyclic amines) is 1. The molecule has 0 aromatic heterocycles. The molecule has 0 aromatic carbocycles. The Hall–Kier alpha value is -0.570. The topological polar surface area (TPSA) is 46.3 Å². The molecule has 16 heavy (non-hydrogen) atoms. The van der Waals surface area contributed by atoms with Gasteiger partial charge in [-0.15, -0.1) is 0 Å². The summed E-state index contributed by atoms with van der Waals surface area (Å²) in [6.07, 6.45) is 2.08. The van der Waals surface area contributed by atoms with Crippen LogP contribution in [-0.2, 0) is 4.79 Å². The van der Waals surface area contributed by atoms with Crippen LogP contribution in [0.3, 0.4) is 0 Å². The first-order chi connectivity index (χ1) is 7.47. The molecule has 4 unspecified atom stereocenters. The summed E-state index contributed by atoms with van der Waals surface area (Å²) >= 11 is 0. The molecule has 4 atom stereocenters. The zero-order valence-electron chi connectivity index (χ0n) is 11.1. The van der Waals surface area contributed by atoms with Crippen LogP contribution < -0.4 is 5.73 Å². The van der Waals surface area contributed by atoms with Crippen molar-refractivity contribution < 1.29 is 4.79 Å². The van der Waals surface area contributed by atoms with Gasteiger partial charge in [0.25, 0.3) is 0 Å². The van der Waals surface area contributed by atoms with Crippen molar-refractivity contribution >= 4 is 5.91 Å². The second-order valence-corrected chi connectivity index (χ2v) is 5.44. The van der Waals surface area contributed by atoms with E-state index >= 15 is 0 Å². The third-order valence-corrected chi connectivity index (χ3v) is 4.19. The van der Waals surface area contributed by atoms with Gasteiger partial charge >= 0.3 is 0 Å². The van der Waals surface area contributed by atoms with E-state index in [1.807, 2.05) is 4.90 Å². The highest BCUT2D eigenvalue weighted by Gasteiger charge is 2.30. The van der Waals surface area contributed by atoms with E-state index in [-0.39, 0.29) is 17.9 Å². The molecule has 0 aromatic rings. The Labute approximate surface area is 99.4 Å². The van der Waals surface area contributed by atoms with E-state index in [9.17, 15) is 4.79 Å². The molecular formula is C13H26N2O. The van der Waals surface area contributed by atoms with Crippen LogP contribution >= 0.6 is 0 Å². The molecular weight excluding hydrogens is 200 g/mol. The van der Waals surface area contributed by atoms with Gasteiger partial charge in [0.1, 0.15) is 0 Å². The van der Waals surface area contributed by atoms with E-state index in [1.165, 1.54) is 0 Å². The van der Waals surface area contributed by atoms with Crippen molar-refractivity contribution in [2.75, 3.05) is 13.1 Å². The van der Waals surface area contributed by atoms with Gasteiger partial charge in [-0.3, -0.25) is 4.79 Å². The summed E-state index contributed by atoms with van der Waals surface area (Å²) in [5.41, 5.74) is 5.99. The second kappa shape index (κ2) is 5.67. The van der Waals surface area contributed by atoms with Gasteiger partial charge in [-0.2, -0.15) is 0 Å². The van der Waals surface area contributed by atoms with Gasteiger partial charge in [0.2, 0.25) is 5.91 Å². The lowest BCUT2D eigenvalue weighted by Crippen LogP contribution is -2.51. The van der Waals surface area contributed by atoms with Crippen LogP contribution in [0, 0.1) is 17.8 Å². The molecule has 0 aliphatic carbocycles. The highest BCUT2D eigenvalue weighted by molar-refractivity contribution is 5.82. The quantitative estimate of drug-likeness (QED) is 0.798. The number of carbonyl (C=O) groups is 1. The zero-order chi connectivity index (χ0) is 12.3. The van der Waals surface area contributed by atoms with Crippen molar-refractivity contribution in [1.82, 2.24) is 4.90 Å². The van der Waals surface area contributed by atoms with Gasteiger partial charge in [-0.05, 0) is 24.2 Å². The fourth-order valence-electron chi connectivity index (χ4n) is 2.17. The fourth-order valence-corrected chi connectivity index (χ4v) is 2.17. The first-order valence-electron chi connectivity index (χ1n) is 6.51. The van der Waals surface area contributed by atoms with E-state index in [2.05, 4.69) is 27.7 Å². The molecule has 0 spiro atoms. The number of nitrogens with zero attached hydrogens (tertiary/aromatic N) is 1. The number of amides is 1. The zero-order valence-corrected chi connectivity index (χ0v) is 11.1. The monoisotopic (exact) mass is 226 g/mol. The smallest absolute Gasteiger partial charge is 0.239 e. The Morgan fingerprint density at radius 1 is 1.44 bits per heavy atom. The summed E-state index contributed by atoms with van der Waals surface area (Å²) in [7, 11) is 0. The van der Waals surface area contributed by atoms with Gasteiger partial charge in [-0.1, -0.05) is 34.1 Å². The van der Waals surface area contributed by atoms with E-state index in [4.69, 9.17) is 5.73 Å². The predicted octanol–water partition coefficient (Wildman–Crippen LogP) is 1.86. The highest BCUT2D eigenvalue weighted by atomic mass is 16.2. The lowest BCUT2D eigenvalue weighted by Gasteiger charge is -2.37. The van der Waals surface area contributed by atoms with Crippen LogP contribution in [0.25, 0.3) is 0 Å². The first-order valence-corrected chi connectivity index (χ1v) is 6.51. The summed E-state index contributed by atoms with van der Waals surface area (Å²) in [5.74, 6) is 1.75. The lowest BCUT2D eigenvalue weighted by atomic mass is 9.88. The maximum atomic E-state index is 12.2. The number of hydrogen-bond donors (Lipinski definition) is 1. The molecule has 1 heterocycles. The molecule has 1 rings (SSSR count). The average Bonchev–Trinajstić information content (AvgIpc) is 2.29. The summed E-state index contributed by atoms with van der Waals surface area (Å²) < 4.78 is 0. The molecule has 0 bridgehead atoms. The van der Waals surface area contributed by atoms with Gasteiger partial charge < -0.3 is 10.6 Å². The average molecular weight is 226 g/mol. The first kappa shape index (κ1) is 13.5. The molecule has 2 N–H and O–H groups in total. The Morgan fingerprint density at radius 2 is 2.06 bits per heavy atom. The van der Waals surface area contributed by atoms with Crippen molar-refractivity contribution in [2.45, 2.75) is 46.6 Å². The molecule has 3 heteroatoms. The molecule has 0 saturated carbocycles. The fraction of sp³-hybridized carbons (Fsp3) is 0.923. The van der Waals surface area contributed by atoms with Gasteiger partial charge in [0, 0.05) is 13.1 Å². The van der Waals surface area contributed by atoms with Crippen molar-refractivity contribution in [3.05, 3.63) is 0 Å². The SMILES string of the molecule is CCC(C)C(N)C(=O)N1CCC(C)C(C)C1. The van der Waals surface area contributed by atoms with Gasteiger partial charge in [0.05, 0.1) is 6.04 Å². The molecule has 3 nitrogen and oxygen atoms in total. The maximum Gasteiger partial charge on any atom is 0.239 e. The summed E-state index contributed by atoms with van der Waals surface area (Å²) in [4.78, 5) is 14.1. The van der Waals surface area contributed by atoms with Gasteiger partial charge in [-0.25, -0.2) is 0 Å². The predicted molar refractivity (Wildman–Crippen MR) is 67.0 cm³/mol. The van der Waals surface area contributed by atoms with E-state index in [0.717, 1.165) is 31.8 Å². The molecule has 1 aliphatic rings. The number of nitrogens with two attached hydrogens (primary N) is 1. The Balaban J connectivity index is 2.55. The van der Waals surface area contributed by atoms with Crippen molar-refractivity contribution in [1.29, 1.82) is 0 Å². The number of carbonyl (C=O) groups excluding carboxylic acids is 1. The highest BCUT2D eigenvalue weighted by Crippen LogP contribution is 2.23. The van der Waals surface area contributed by atoms with Crippen LogP contribution in [0.4, 0.5) is 0 Å². The Bertz CT molecular complexity index is 242. The minimum atomic E-state index is -0.314. The summed E-state index contributed by atoms with van der Waals surface area (Å²) in [6, 6.07) is -0.314. The largest absolute Gasteiger partial charge is 0.341 e. The van der Waals surface area contributed by atoms with E-state index in [0.29, 0.717) is 5.92 Å². The second-order valence-electron chi connectivity index (χ2n) is 5.44. The standard InChI is InChI=1S/C13H26N2O/c1-5-9(2)12(14)13(16)15-7-6-10(3)11(4)8-15/h9-12H,5-8,14H2,1-4H3. The van der Waals surface area contributed by atoms with Crippen LogP contribution in [0.2, 0.25) is 0 Å². The lowest BCUT2D eigenvalue weighted by molar-refractivity contribution is -0.136. The molecule has 1 amide bonds. The summed E-state index contributed by atoms with van der Waals surface area (Å²) in [5, 5.41) is 0. The van der Waals surface area contributed by atoms with E-state index in [1.54, 1.807) is 0 Å². The van der Waals surface area contributed by atoms with Crippen LogP contribution in [0.5, 0.6) is 0 Å². The summed E-state index contributed by atoms with van der Waals surface area (Å²) in [6.45, 7) is 10.4. The van der Waals surface area contributed by atoms with E-state index < -0.39 is 0 Å². The van der Waals surface area contributed by atoms with Crippen molar-refractivity contribution in [3.63, 3.8) is 0 Å². The third-order valence-electron chi connectivity index (χ3n) is 4.19. The van der Waals surface area contributed by atoms with Crippen LogP contribution in [-0.4, -0.2) is 29.9 Å². The molecule has 1 saturated heterocycles. The number of piperidine rings is 1. The molecule has 94 valence electrons. The minimum absolute atomic E-state index is 0.146. The van der Waals surface area contributed by atoms with Crippen molar-refractivity contribution in [2.24, 2.45) is 23.5 Å². The van der Waals surface area contributed by atoms with Crippen LogP contribution in [0.1, 0.15) is 40.5 Å². The van der Waals surface area contributed by atoms with Gasteiger partial charge in [0.15, 0.2) is 0 Å². The van der Waals surface area contributed by atoms with Crippen LogP contribution in [0.15, 0.2) is 0 Å². The minimum Gasteiger partial charge on any atom is -0.341 e. The normalized spacial score (nSPS) is 29.9. The number of rotatable bonds is 3. The maximum absolute atomic E-state index is 12.2. The Morgan fingerprint density at radius 3 is 2.56 bits per heavy atom. The molecule has 1 fully saturated rings.